The highest BCUT2D eigenvalue weighted by Crippen LogP contribution is 2.30. The van der Waals surface area contributed by atoms with Crippen molar-refractivity contribution in [3.05, 3.63) is 29.6 Å². The van der Waals surface area contributed by atoms with Gasteiger partial charge in [0.15, 0.2) is 0 Å². The van der Waals surface area contributed by atoms with Gasteiger partial charge in [0.05, 0.1) is 0 Å². The highest BCUT2D eigenvalue weighted by atomic mass is 19.1. The molecule has 0 aromatic heterocycles. The first-order valence-electron chi connectivity index (χ1n) is 7.01. The third-order valence-electron chi connectivity index (χ3n) is 3.87. The number of anilines is 1. The minimum Gasteiger partial charge on any atom is -0.369 e. The van der Waals surface area contributed by atoms with Crippen molar-refractivity contribution in [2.24, 2.45) is 5.73 Å². The van der Waals surface area contributed by atoms with Gasteiger partial charge >= 0.3 is 0 Å². The highest BCUT2D eigenvalue weighted by Gasteiger charge is 2.23. The predicted octanol–water partition coefficient (Wildman–Crippen LogP) is 3.10. The van der Waals surface area contributed by atoms with Crippen molar-refractivity contribution in [2.45, 2.75) is 45.1 Å². The summed E-state index contributed by atoms with van der Waals surface area (Å²) >= 11 is 0. The van der Waals surface area contributed by atoms with E-state index in [-0.39, 0.29) is 5.82 Å². The van der Waals surface area contributed by atoms with Crippen molar-refractivity contribution in [3.63, 3.8) is 0 Å². The summed E-state index contributed by atoms with van der Waals surface area (Å²) in [7, 11) is 0. The molecule has 0 spiro atoms. The minimum absolute atomic E-state index is 0.162. The van der Waals surface area contributed by atoms with Gasteiger partial charge in [0.2, 0.25) is 0 Å². The molecule has 0 atom stereocenters. The standard InChI is InChI=1S/C15H23FN2/c1-2-18(14-5-3-4-6-14)15-8-7-13(16)11-12(15)9-10-17/h7-8,11,14H,2-6,9-10,17H2,1H3. The molecule has 1 aliphatic carbocycles. The molecule has 0 radical (unpaired) electrons. The SMILES string of the molecule is CCN(c1ccc(F)cc1CCN)C1CCCC1. The van der Waals surface area contributed by atoms with Crippen molar-refractivity contribution >= 4 is 5.69 Å². The lowest BCUT2D eigenvalue weighted by Crippen LogP contribution is -2.34. The van der Waals surface area contributed by atoms with E-state index in [1.165, 1.54) is 31.4 Å². The molecule has 1 aliphatic rings. The van der Waals surface area contributed by atoms with Crippen LogP contribution in [0.2, 0.25) is 0 Å². The maximum atomic E-state index is 13.4. The molecule has 1 fully saturated rings. The van der Waals surface area contributed by atoms with Crippen LogP contribution in [0.3, 0.4) is 0 Å². The normalized spacial score (nSPS) is 16.2. The Labute approximate surface area is 109 Å². The summed E-state index contributed by atoms with van der Waals surface area (Å²) in [5.74, 6) is -0.162. The van der Waals surface area contributed by atoms with Gasteiger partial charge in [-0.3, -0.25) is 0 Å². The quantitative estimate of drug-likeness (QED) is 0.870. The molecule has 0 saturated heterocycles. The second-order valence-electron chi connectivity index (χ2n) is 5.04. The van der Waals surface area contributed by atoms with Crippen molar-refractivity contribution < 1.29 is 4.39 Å². The van der Waals surface area contributed by atoms with Gasteiger partial charge in [-0.15, -0.1) is 0 Å². The summed E-state index contributed by atoms with van der Waals surface area (Å²) in [6.45, 7) is 3.72. The number of nitrogens with two attached hydrogens (primary N) is 1. The first-order chi connectivity index (χ1) is 8.76. The molecule has 0 unspecified atom stereocenters. The van der Waals surface area contributed by atoms with Crippen LogP contribution in [-0.4, -0.2) is 19.1 Å². The molecule has 1 aromatic carbocycles. The Morgan fingerprint density at radius 1 is 1.33 bits per heavy atom. The first kappa shape index (κ1) is 13.3. The maximum absolute atomic E-state index is 13.4. The Morgan fingerprint density at radius 3 is 2.67 bits per heavy atom. The van der Waals surface area contributed by atoms with E-state index in [2.05, 4.69) is 11.8 Å². The van der Waals surface area contributed by atoms with E-state index < -0.39 is 0 Å². The first-order valence-corrected chi connectivity index (χ1v) is 7.01. The third-order valence-corrected chi connectivity index (χ3v) is 3.87. The fourth-order valence-electron chi connectivity index (χ4n) is 3.03. The second kappa shape index (κ2) is 6.19. The zero-order valence-corrected chi connectivity index (χ0v) is 11.2. The van der Waals surface area contributed by atoms with E-state index in [0.29, 0.717) is 12.6 Å². The van der Waals surface area contributed by atoms with Crippen LogP contribution in [0.1, 0.15) is 38.2 Å². The molecule has 0 amide bonds. The van der Waals surface area contributed by atoms with E-state index in [4.69, 9.17) is 5.73 Å². The highest BCUT2D eigenvalue weighted by molar-refractivity contribution is 5.55. The van der Waals surface area contributed by atoms with Crippen LogP contribution < -0.4 is 10.6 Å². The number of rotatable bonds is 5. The van der Waals surface area contributed by atoms with E-state index in [0.717, 1.165) is 18.5 Å². The van der Waals surface area contributed by atoms with Crippen LogP contribution >= 0.6 is 0 Å². The van der Waals surface area contributed by atoms with Crippen LogP contribution in [0, 0.1) is 5.82 Å². The molecule has 18 heavy (non-hydrogen) atoms. The Kier molecular flexibility index (Phi) is 4.59. The molecule has 0 aliphatic heterocycles. The second-order valence-corrected chi connectivity index (χ2v) is 5.04. The molecule has 3 heteroatoms. The van der Waals surface area contributed by atoms with E-state index >= 15 is 0 Å². The van der Waals surface area contributed by atoms with Crippen LogP contribution in [0.15, 0.2) is 18.2 Å². The van der Waals surface area contributed by atoms with Gasteiger partial charge < -0.3 is 10.6 Å². The monoisotopic (exact) mass is 250 g/mol. The number of hydrogen-bond acceptors (Lipinski definition) is 2. The average Bonchev–Trinajstić information content (AvgIpc) is 2.87. The summed E-state index contributed by atoms with van der Waals surface area (Å²) in [5, 5.41) is 0. The lowest BCUT2D eigenvalue weighted by molar-refractivity contribution is 0.608. The lowest BCUT2D eigenvalue weighted by atomic mass is 10.1. The maximum Gasteiger partial charge on any atom is 0.123 e. The summed E-state index contributed by atoms with van der Waals surface area (Å²) < 4.78 is 13.4. The number of nitrogens with zero attached hydrogens (tertiary/aromatic N) is 1. The zero-order chi connectivity index (χ0) is 13.0. The van der Waals surface area contributed by atoms with Gasteiger partial charge in [-0.05, 0) is 56.5 Å². The van der Waals surface area contributed by atoms with Gasteiger partial charge in [0, 0.05) is 18.3 Å². The largest absolute Gasteiger partial charge is 0.369 e. The van der Waals surface area contributed by atoms with Crippen molar-refractivity contribution in [3.8, 4) is 0 Å². The fraction of sp³-hybridized carbons (Fsp3) is 0.600. The molecule has 0 heterocycles. The number of hydrogen-bond donors (Lipinski definition) is 1. The summed E-state index contributed by atoms with van der Waals surface area (Å²) in [6.07, 6.45) is 5.89. The topological polar surface area (TPSA) is 29.3 Å². The van der Waals surface area contributed by atoms with Gasteiger partial charge in [0.25, 0.3) is 0 Å². The molecule has 2 N–H and O–H groups in total. The van der Waals surface area contributed by atoms with Crippen molar-refractivity contribution in [2.75, 3.05) is 18.0 Å². The van der Waals surface area contributed by atoms with Crippen LogP contribution in [0.5, 0.6) is 0 Å². The fourth-order valence-corrected chi connectivity index (χ4v) is 3.03. The Hall–Kier alpha value is -1.09. The van der Waals surface area contributed by atoms with Crippen molar-refractivity contribution in [1.82, 2.24) is 0 Å². The predicted molar refractivity (Wildman–Crippen MR) is 74.4 cm³/mol. The lowest BCUT2D eigenvalue weighted by Gasteiger charge is -2.32. The van der Waals surface area contributed by atoms with Crippen LogP contribution in [0.25, 0.3) is 0 Å². The molecular weight excluding hydrogens is 227 g/mol. The zero-order valence-electron chi connectivity index (χ0n) is 11.2. The van der Waals surface area contributed by atoms with Crippen LogP contribution in [-0.2, 0) is 6.42 Å². The Balaban J connectivity index is 2.28. The van der Waals surface area contributed by atoms with Gasteiger partial charge in [-0.1, -0.05) is 12.8 Å². The van der Waals surface area contributed by atoms with Crippen molar-refractivity contribution in [1.29, 1.82) is 0 Å². The minimum atomic E-state index is -0.162. The summed E-state index contributed by atoms with van der Waals surface area (Å²) in [4.78, 5) is 2.43. The molecular formula is C15H23FN2. The van der Waals surface area contributed by atoms with E-state index in [1.807, 2.05) is 6.07 Å². The van der Waals surface area contributed by atoms with Gasteiger partial charge in [-0.25, -0.2) is 4.39 Å². The average molecular weight is 250 g/mol. The summed E-state index contributed by atoms with van der Waals surface area (Å²) in [5.41, 5.74) is 7.86. The molecule has 2 rings (SSSR count). The molecule has 2 nitrogen and oxygen atoms in total. The molecule has 1 aromatic rings. The van der Waals surface area contributed by atoms with Crippen LogP contribution in [0.4, 0.5) is 10.1 Å². The summed E-state index contributed by atoms with van der Waals surface area (Å²) in [6, 6.07) is 5.74. The molecule has 100 valence electrons. The number of halogens is 1. The number of benzene rings is 1. The van der Waals surface area contributed by atoms with E-state index in [9.17, 15) is 4.39 Å². The molecule has 0 bridgehead atoms. The van der Waals surface area contributed by atoms with Gasteiger partial charge in [-0.2, -0.15) is 0 Å². The smallest absolute Gasteiger partial charge is 0.123 e. The van der Waals surface area contributed by atoms with Gasteiger partial charge in [0.1, 0.15) is 5.82 Å². The third kappa shape index (κ3) is 2.83. The Morgan fingerprint density at radius 2 is 2.06 bits per heavy atom. The Bertz CT molecular complexity index is 386. The van der Waals surface area contributed by atoms with E-state index in [1.54, 1.807) is 12.1 Å². The molecule has 1 saturated carbocycles.